The third-order valence-corrected chi connectivity index (χ3v) is 4.14. The quantitative estimate of drug-likeness (QED) is 0.892. The van der Waals surface area contributed by atoms with E-state index in [1.54, 1.807) is 6.20 Å². The fourth-order valence-electron chi connectivity index (χ4n) is 2.66. The number of nitrogens with two attached hydrogens (primary N) is 1. The molecule has 2 unspecified atom stereocenters. The molecule has 19 heavy (non-hydrogen) atoms. The Morgan fingerprint density at radius 1 is 1.26 bits per heavy atom. The highest BCUT2D eigenvalue weighted by atomic mass is 79.9. The summed E-state index contributed by atoms with van der Waals surface area (Å²) in [6, 6.07) is 4.52. The van der Waals surface area contributed by atoms with E-state index in [0.29, 0.717) is 6.04 Å². The van der Waals surface area contributed by atoms with E-state index >= 15 is 0 Å². The van der Waals surface area contributed by atoms with Gasteiger partial charge < -0.3 is 11.1 Å². The van der Waals surface area contributed by atoms with Gasteiger partial charge in [0, 0.05) is 29.0 Å². The van der Waals surface area contributed by atoms with Gasteiger partial charge in [0.2, 0.25) is 0 Å². The van der Waals surface area contributed by atoms with Crippen LogP contribution in [0.15, 0.2) is 29.0 Å². The Labute approximate surface area is 120 Å². The van der Waals surface area contributed by atoms with Crippen molar-refractivity contribution in [1.29, 1.82) is 0 Å². The third-order valence-electron chi connectivity index (χ3n) is 3.70. The third kappa shape index (κ3) is 2.72. The summed E-state index contributed by atoms with van der Waals surface area (Å²) in [5.74, 6) is 0. The predicted molar refractivity (Wildman–Crippen MR) is 81.1 cm³/mol. The predicted octanol–water partition coefficient (Wildman–Crippen LogP) is 3.07. The number of fused-ring (bicyclic) bond motifs is 1. The second kappa shape index (κ2) is 5.43. The number of rotatable bonds is 2. The first-order valence-corrected chi connectivity index (χ1v) is 7.46. The Balaban J connectivity index is 1.92. The van der Waals surface area contributed by atoms with Crippen LogP contribution in [-0.4, -0.2) is 22.1 Å². The van der Waals surface area contributed by atoms with Crippen LogP contribution in [0.3, 0.4) is 0 Å². The molecule has 0 spiro atoms. The maximum Gasteiger partial charge on any atom is 0.112 e. The van der Waals surface area contributed by atoms with Crippen molar-refractivity contribution in [3.63, 3.8) is 0 Å². The van der Waals surface area contributed by atoms with E-state index in [-0.39, 0.29) is 6.04 Å². The van der Waals surface area contributed by atoms with E-state index in [1.807, 2.05) is 18.3 Å². The molecule has 1 aliphatic rings. The summed E-state index contributed by atoms with van der Waals surface area (Å²) in [5, 5.41) is 3.55. The van der Waals surface area contributed by atoms with Crippen LogP contribution in [0.25, 0.3) is 11.0 Å². The maximum atomic E-state index is 6.19. The van der Waals surface area contributed by atoms with Crippen molar-refractivity contribution >= 4 is 32.7 Å². The zero-order valence-electron chi connectivity index (χ0n) is 10.6. The normalized spacial score (nSPS) is 23.5. The van der Waals surface area contributed by atoms with Crippen molar-refractivity contribution in [3.8, 4) is 0 Å². The Hall–Kier alpha value is -1.20. The second-order valence-electron chi connectivity index (χ2n) is 5.08. The summed E-state index contributed by atoms with van der Waals surface area (Å²) in [6.07, 6.45) is 8.32. The molecule has 3 N–H and O–H groups in total. The molecule has 5 heteroatoms. The fourth-order valence-corrected chi connectivity index (χ4v) is 2.98. The van der Waals surface area contributed by atoms with Gasteiger partial charge in [-0.05, 0) is 40.9 Å². The molecule has 1 saturated carbocycles. The smallest absolute Gasteiger partial charge is 0.112 e. The highest BCUT2D eigenvalue weighted by molar-refractivity contribution is 9.10. The van der Waals surface area contributed by atoms with Gasteiger partial charge in [-0.15, -0.1) is 0 Å². The molecular formula is C14H17BrN4. The molecule has 0 radical (unpaired) electrons. The molecule has 100 valence electrons. The molecule has 0 aromatic carbocycles. The first-order valence-electron chi connectivity index (χ1n) is 6.66. The summed E-state index contributed by atoms with van der Waals surface area (Å²) in [4.78, 5) is 8.81. The van der Waals surface area contributed by atoms with E-state index < -0.39 is 0 Å². The highest BCUT2D eigenvalue weighted by Crippen LogP contribution is 2.26. The summed E-state index contributed by atoms with van der Waals surface area (Å²) >= 11 is 3.42. The highest BCUT2D eigenvalue weighted by Gasteiger charge is 2.22. The van der Waals surface area contributed by atoms with Crippen LogP contribution in [0.4, 0.5) is 5.69 Å². The van der Waals surface area contributed by atoms with Gasteiger partial charge >= 0.3 is 0 Å². The minimum Gasteiger partial charge on any atom is -0.379 e. The molecule has 2 atom stereocenters. The van der Waals surface area contributed by atoms with Crippen LogP contribution < -0.4 is 11.1 Å². The number of nitrogens with zero attached hydrogens (tertiary/aromatic N) is 2. The van der Waals surface area contributed by atoms with Gasteiger partial charge in [-0.2, -0.15) is 0 Å². The average Bonchev–Trinajstić information content (AvgIpc) is 2.41. The summed E-state index contributed by atoms with van der Waals surface area (Å²) < 4.78 is 0.944. The molecular weight excluding hydrogens is 304 g/mol. The van der Waals surface area contributed by atoms with Gasteiger partial charge in [0.1, 0.15) is 5.52 Å². The molecule has 1 aliphatic carbocycles. The molecule has 0 aliphatic heterocycles. The lowest BCUT2D eigenvalue weighted by Crippen LogP contribution is -2.42. The SMILES string of the molecule is NC1CCCCC1Nc1ccnc2cc(Br)cnc12. The van der Waals surface area contributed by atoms with Crippen molar-refractivity contribution in [3.05, 3.63) is 29.0 Å². The summed E-state index contributed by atoms with van der Waals surface area (Å²) in [6.45, 7) is 0. The number of aromatic nitrogens is 2. The van der Waals surface area contributed by atoms with Crippen LogP contribution in [0.1, 0.15) is 25.7 Å². The zero-order chi connectivity index (χ0) is 13.2. The van der Waals surface area contributed by atoms with Crippen molar-refractivity contribution in [2.45, 2.75) is 37.8 Å². The van der Waals surface area contributed by atoms with Crippen LogP contribution in [0, 0.1) is 0 Å². The molecule has 0 saturated heterocycles. The van der Waals surface area contributed by atoms with Gasteiger partial charge in [0.25, 0.3) is 0 Å². The number of hydrogen-bond acceptors (Lipinski definition) is 4. The number of nitrogens with one attached hydrogen (secondary N) is 1. The number of halogens is 1. The summed E-state index contributed by atoms with van der Waals surface area (Å²) in [5.41, 5.74) is 9.01. The molecule has 1 fully saturated rings. The lowest BCUT2D eigenvalue weighted by atomic mass is 9.91. The standard InChI is InChI=1S/C14H17BrN4/c15-9-7-13-14(18-8-9)12(5-6-17-13)19-11-4-2-1-3-10(11)16/h5-8,10-11H,1-4,16H2,(H,17,19). The largest absolute Gasteiger partial charge is 0.379 e. The molecule has 2 aromatic rings. The molecule has 2 heterocycles. The maximum absolute atomic E-state index is 6.19. The lowest BCUT2D eigenvalue weighted by molar-refractivity contribution is 0.404. The van der Waals surface area contributed by atoms with Crippen LogP contribution in [0.5, 0.6) is 0 Å². The molecule has 4 nitrogen and oxygen atoms in total. The van der Waals surface area contributed by atoms with Crippen molar-refractivity contribution in [2.24, 2.45) is 5.73 Å². The van der Waals surface area contributed by atoms with Gasteiger partial charge in [0.15, 0.2) is 0 Å². The van der Waals surface area contributed by atoms with E-state index in [0.717, 1.165) is 34.0 Å². The van der Waals surface area contributed by atoms with Crippen molar-refractivity contribution in [2.75, 3.05) is 5.32 Å². The van der Waals surface area contributed by atoms with E-state index in [2.05, 4.69) is 31.2 Å². The molecule has 0 bridgehead atoms. The number of pyridine rings is 2. The zero-order valence-corrected chi connectivity index (χ0v) is 12.2. The van der Waals surface area contributed by atoms with Gasteiger partial charge in [-0.25, -0.2) is 0 Å². The lowest BCUT2D eigenvalue weighted by Gasteiger charge is -2.30. The Morgan fingerprint density at radius 3 is 2.95 bits per heavy atom. The van der Waals surface area contributed by atoms with Crippen LogP contribution >= 0.6 is 15.9 Å². The molecule has 3 rings (SSSR count). The summed E-state index contributed by atoms with van der Waals surface area (Å²) in [7, 11) is 0. The van der Waals surface area contributed by atoms with Crippen molar-refractivity contribution < 1.29 is 0 Å². The number of hydrogen-bond donors (Lipinski definition) is 2. The average molecular weight is 321 g/mol. The topological polar surface area (TPSA) is 63.8 Å². The van der Waals surface area contributed by atoms with Crippen LogP contribution in [-0.2, 0) is 0 Å². The minimum absolute atomic E-state index is 0.229. The first kappa shape index (κ1) is 12.8. The monoisotopic (exact) mass is 320 g/mol. The van der Waals surface area contributed by atoms with Crippen LogP contribution in [0.2, 0.25) is 0 Å². The fraction of sp³-hybridized carbons (Fsp3) is 0.429. The second-order valence-corrected chi connectivity index (χ2v) is 5.99. The van der Waals surface area contributed by atoms with E-state index in [4.69, 9.17) is 5.73 Å². The number of anilines is 1. The first-order chi connectivity index (χ1) is 9.24. The Kier molecular flexibility index (Phi) is 3.66. The van der Waals surface area contributed by atoms with Gasteiger partial charge in [0.05, 0.1) is 11.2 Å². The van der Waals surface area contributed by atoms with Gasteiger partial charge in [-0.3, -0.25) is 9.97 Å². The Bertz CT molecular complexity index is 587. The Morgan fingerprint density at radius 2 is 2.11 bits per heavy atom. The van der Waals surface area contributed by atoms with Gasteiger partial charge in [-0.1, -0.05) is 12.8 Å². The van der Waals surface area contributed by atoms with E-state index in [1.165, 1.54) is 12.8 Å². The van der Waals surface area contributed by atoms with Crippen molar-refractivity contribution in [1.82, 2.24) is 9.97 Å². The molecule has 0 amide bonds. The van der Waals surface area contributed by atoms with E-state index in [9.17, 15) is 0 Å². The minimum atomic E-state index is 0.229. The molecule has 2 aromatic heterocycles.